The normalized spacial score (nSPS) is 13.4. The van der Waals surface area contributed by atoms with Crippen LogP contribution in [0.4, 0.5) is 17.5 Å². The molecule has 9 nitrogen and oxygen atoms in total. The molecule has 1 aliphatic heterocycles. The molecule has 1 atom stereocenters. The van der Waals surface area contributed by atoms with E-state index in [1.165, 1.54) is 0 Å². The van der Waals surface area contributed by atoms with Gasteiger partial charge < -0.3 is 25.2 Å². The average Bonchev–Trinajstić information content (AvgIpc) is 3.39. The van der Waals surface area contributed by atoms with Crippen molar-refractivity contribution in [1.29, 1.82) is 0 Å². The standard InChI is InChI=1S/C21H20N6O3/c1-13(28)10-22-21-25-19(24-14-7-8-17-18(9-14)30-12-29-17)16-11-23-27(20(16)26-21)15-5-3-2-4-6-15/h2-9,11,13,28H,10,12H2,1H3,(H2,22,24,25,26). The molecule has 0 bridgehead atoms. The van der Waals surface area contributed by atoms with Crippen molar-refractivity contribution in [2.24, 2.45) is 0 Å². The van der Waals surface area contributed by atoms with Gasteiger partial charge in [-0.3, -0.25) is 0 Å². The van der Waals surface area contributed by atoms with Crippen molar-refractivity contribution in [1.82, 2.24) is 19.7 Å². The lowest BCUT2D eigenvalue weighted by Crippen LogP contribution is -2.17. The van der Waals surface area contributed by atoms with Gasteiger partial charge in [0.15, 0.2) is 17.1 Å². The highest BCUT2D eigenvalue weighted by Gasteiger charge is 2.17. The first-order chi connectivity index (χ1) is 14.7. The fraction of sp³-hybridized carbons (Fsp3) is 0.190. The van der Waals surface area contributed by atoms with Gasteiger partial charge in [-0.1, -0.05) is 18.2 Å². The molecule has 0 aliphatic carbocycles. The molecule has 0 spiro atoms. The summed E-state index contributed by atoms with van der Waals surface area (Å²) in [5, 5.41) is 21.3. The van der Waals surface area contributed by atoms with Crippen molar-refractivity contribution < 1.29 is 14.6 Å². The van der Waals surface area contributed by atoms with Gasteiger partial charge >= 0.3 is 0 Å². The fourth-order valence-corrected chi connectivity index (χ4v) is 3.19. The van der Waals surface area contributed by atoms with Crippen molar-refractivity contribution >= 4 is 28.5 Å². The monoisotopic (exact) mass is 404 g/mol. The number of hydrogen-bond acceptors (Lipinski definition) is 8. The molecule has 5 rings (SSSR count). The highest BCUT2D eigenvalue weighted by atomic mass is 16.7. The number of benzene rings is 2. The van der Waals surface area contributed by atoms with Crippen molar-refractivity contribution in [3.8, 4) is 17.2 Å². The van der Waals surface area contributed by atoms with Crippen LogP contribution < -0.4 is 20.1 Å². The van der Waals surface area contributed by atoms with Crippen LogP contribution in [0.2, 0.25) is 0 Å². The minimum absolute atomic E-state index is 0.216. The first-order valence-electron chi connectivity index (χ1n) is 9.57. The van der Waals surface area contributed by atoms with Gasteiger partial charge in [0.25, 0.3) is 0 Å². The lowest BCUT2D eigenvalue weighted by Gasteiger charge is -2.12. The lowest BCUT2D eigenvalue weighted by atomic mass is 10.2. The summed E-state index contributed by atoms with van der Waals surface area (Å²) in [7, 11) is 0. The summed E-state index contributed by atoms with van der Waals surface area (Å²) in [6.45, 7) is 2.24. The summed E-state index contributed by atoms with van der Waals surface area (Å²) >= 11 is 0. The van der Waals surface area contributed by atoms with E-state index >= 15 is 0 Å². The van der Waals surface area contributed by atoms with Gasteiger partial charge in [0.2, 0.25) is 12.7 Å². The van der Waals surface area contributed by atoms with Gasteiger partial charge in [-0.25, -0.2) is 4.68 Å². The molecule has 1 unspecified atom stereocenters. The molecule has 0 saturated carbocycles. The van der Waals surface area contributed by atoms with E-state index in [0.29, 0.717) is 35.5 Å². The van der Waals surface area contributed by atoms with E-state index in [2.05, 4.69) is 25.7 Å². The van der Waals surface area contributed by atoms with Gasteiger partial charge in [-0.15, -0.1) is 0 Å². The number of anilines is 3. The third-order valence-corrected chi connectivity index (χ3v) is 4.62. The maximum atomic E-state index is 9.64. The quantitative estimate of drug-likeness (QED) is 0.450. The largest absolute Gasteiger partial charge is 0.454 e. The molecule has 4 aromatic rings. The Balaban J connectivity index is 1.58. The first kappa shape index (κ1) is 18.2. The highest BCUT2D eigenvalue weighted by Crippen LogP contribution is 2.36. The third-order valence-electron chi connectivity index (χ3n) is 4.62. The van der Waals surface area contributed by atoms with Crippen LogP contribution in [0.15, 0.2) is 54.7 Å². The van der Waals surface area contributed by atoms with E-state index < -0.39 is 6.10 Å². The van der Waals surface area contributed by atoms with E-state index in [-0.39, 0.29) is 6.79 Å². The lowest BCUT2D eigenvalue weighted by molar-refractivity contribution is 0.174. The maximum absolute atomic E-state index is 9.64. The van der Waals surface area contributed by atoms with E-state index in [0.717, 1.165) is 16.8 Å². The second kappa shape index (κ2) is 7.53. The predicted octanol–water partition coefficient (Wildman–Crippen LogP) is 3.08. The minimum Gasteiger partial charge on any atom is -0.454 e. The molecule has 9 heteroatoms. The molecular formula is C21H20N6O3. The van der Waals surface area contributed by atoms with Crippen LogP contribution in [-0.4, -0.2) is 44.3 Å². The number of aliphatic hydroxyl groups is 1. The zero-order chi connectivity index (χ0) is 20.5. The molecule has 2 aromatic carbocycles. The molecule has 30 heavy (non-hydrogen) atoms. The average molecular weight is 404 g/mol. The maximum Gasteiger partial charge on any atom is 0.231 e. The number of fused-ring (bicyclic) bond motifs is 2. The van der Waals surface area contributed by atoms with Gasteiger partial charge in [-0.2, -0.15) is 15.1 Å². The SMILES string of the molecule is CC(O)CNc1nc(Nc2ccc3c(c2)OCO3)c2cnn(-c3ccccc3)c2n1. The Morgan fingerprint density at radius 1 is 1.10 bits per heavy atom. The number of ether oxygens (including phenoxy) is 2. The second-order valence-corrected chi connectivity index (χ2v) is 6.95. The topological polar surface area (TPSA) is 106 Å². The van der Waals surface area contributed by atoms with Crippen LogP contribution in [-0.2, 0) is 0 Å². The van der Waals surface area contributed by atoms with Crippen LogP contribution in [0.1, 0.15) is 6.92 Å². The number of rotatable bonds is 6. The Hall–Kier alpha value is -3.85. The summed E-state index contributed by atoms with van der Waals surface area (Å²) in [6, 6.07) is 15.4. The Labute approximate surface area is 172 Å². The van der Waals surface area contributed by atoms with E-state index in [1.54, 1.807) is 17.8 Å². The molecule has 0 amide bonds. The Morgan fingerprint density at radius 2 is 1.93 bits per heavy atom. The van der Waals surface area contributed by atoms with Crippen molar-refractivity contribution in [2.75, 3.05) is 24.0 Å². The van der Waals surface area contributed by atoms with Crippen molar-refractivity contribution in [3.05, 3.63) is 54.7 Å². The number of nitrogens with zero attached hydrogens (tertiary/aromatic N) is 4. The molecule has 3 N–H and O–H groups in total. The molecule has 3 heterocycles. The van der Waals surface area contributed by atoms with Crippen LogP contribution in [0.3, 0.4) is 0 Å². The number of aromatic nitrogens is 4. The number of hydrogen-bond donors (Lipinski definition) is 3. The molecule has 2 aromatic heterocycles. The van der Waals surface area contributed by atoms with Crippen molar-refractivity contribution in [2.45, 2.75) is 13.0 Å². The molecule has 0 fully saturated rings. The van der Waals surface area contributed by atoms with E-state index in [9.17, 15) is 5.11 Å². The highest BCUT2D eigenvalue weighted by molar-refractivity contribution is 5.90. The summed E-state index contributed by atoms with van der Waals surface area (Å²) in [5.41, 5.74) is 2.34. The summed E-state index contributed by atoms with van der Waals surface area (Å²) in [6.07, 6.45) is 1.20. The van der Waals surface area contributed by atoms with Crippen LogP contribution in [0.25, 0.3) is 16.7 Å². The number of para-hydroxylation sites is 1. The van der Waals surface area contributed by atoms with Gasteiger partial charge in [-0.05, 0) is 31.2 Å². The fourth-order valence-electron chi connectivity index (χ4n) is 3.19. The predicted molar refractivity (Wildman–Crippen MR) is 113 cm³/mol. The van der Waals surface area contributed by atoms with Crippen LogP contribution >= 0.6 is 0 Å². The minimum atomic E-state index is -0.534. The summed E-state index contributed by atoms with van der Waals surface area (Å²) < 4.78 is 12.6. The molecule has 0 radical (unpaired) electrons. The van der Waals surface area contributed by atoms with Crippen LogP contribution in [0.5, 0.6) is 11.5 Å². The Bertz CT molecular complexity index is 1190. The van der Waals surface area contributed by atoms with Crippen LogP contribution in [0, 0.1) is 0 Å². The molecular weight excluding hydrogens is 384 g/mol. The Kier molecular flexibility index (Phi) is 4.56. The molecule has 0 saturated heterocycles. The summed E-state index contributed by atoms with van der Waals surface area (Å²) in [5.74, 6) is 2.38. The number of aliphatic hydroxyl groups excluding tert-OH is 1. The zero-order valence-corrected chi connectivity index (χ0v) is 16.2. The van der Waals surface area contributed by atoms with Gasteiger partial charge in [0.1, 0.15) is 5.82 Å². The first-order valence-corrected chi connectivity index (χ1v) is 9.57. The molecule has 152 valence electrons. The Morgan fingerprint density at radius 3 is 2.77 bits per heavy atom. The number of nitrogens with one attached hydrogen (secondary N) is 2. The van der Waals surface area contributed by atoms with Crippen molar-refractivity contribution in [3.63, 3.8) is 0 Å². The third kappa shape index (κ3) is 3.46. The van der Waals surface area contributed by atoms with Gasteiger partial charge in [0.05, 0.1) is 23.4 Å². The van der Waals surface area contributed by atoms with E-state index in [4.69, 9.17) is 9.47 Å². The summed E-state index contributed by atoms with van der Waals surface area (Å²) in [4.78, 5) is 9.22. The van der Waals surface area contributed by atoms with E-state index in [1.807, 2.05) is 48.5 Å². The second-order valence-electron chi connectivity index (χ2n) is 6.95. The smallest absolute Gasteiger partial charge is 0.231 e. The zero-order valence-electron chi connectivity index (χ0n) is 16.2. The molecule has 1 aliphatic rings. The van der Waals surface area contributed by atoms with Gasteiger partial charge in [0, 0.05) is 18.3 Å².